The number of rotatable bonds is 5. The molecule has 6 heteroatoms. The van der Waals surface area contributed by atoms with Crippen LogP contribution < -0.4 is 16.6 Å². The van der Waals surface area contributed by atoms with E-state index in [1.165, 1.54) is 0 Å². The van der Waals surface area contributed by atoms with Crippen LogP contribution in [0.5, 0.6) is 0 Å². The summed E-state index contributed by atoms with van der Waals surface area (Å²) in [6.45, 7) is 7.26. The number of carbonyl (C=O) groups excluding carboxylic acids is 1. The molecule has 2 heterocycles. The Hall–Kier alpha value is -1.66. The Labute approximate surface area is 119 Å². The lowest BCUT2D eigenvalue weighted by atomic mass is 10.1. The third-order valence-corrected chi connectivity index (χ3v) is 3.79. The van der Waals surface area contributed by atoms with Crippen LogP contribution in [0.3, 0.4) is 0 Å². The average Bonchev–Trinajstić information content (AvgIpc) is 2.94. The second-order valence-electron chi connectivity index (χ2n) is 5.50. The van der Waals surface area contributed by atoms with Crippen molar-refractivity contribution in [2.45, 2.75) is 26.3 Å². The van der Waals surface area contributed by atoms with Crippen molar-refractivity contribution in [1.29, 1.82) is 0 Å². The van der Waals surface area contributed by atoms with Crippen molar-refractivity contribution in [2.24, 2.45) is 11.8 Å². The van der Waals surface area contributed by atoms with Gasteiger partial charge < -0.3 is 15.6 Å². The molecule has 2 rings (SSSR count). The number of carbonyl (C=O) groups is 1. The number of nitrogens with zero attached hydrogens (tertiary/aromatic N) is 2. The molecule has 20 heavy (non-hydrogen) atoms. The molecule has 0 saturated carbocycles. The van der Waals surface area contributed by atoms with Gasteiger partial charge in [-0.2, -0.15) is 0 Å². The number of hydrogen-bond acceptors (Lipinski definition) is 5. The number of hydrazine groups is 1. The maximum absolute atomic E-state index is 12.1. The summed E-state index contributed by atoms with van der Waals surface area (Å²) in [5.41, 5.74) is 2.93. The number of nitrogens with one attached hydrogen (secondary N) is 2. The van der Waals surface area contributed by atoms with Gasteiger partial charge >= 0.3 is 0 Å². The Kier molecular flexibility index (Phi) is 4.92. The Bertz CT molecular complexity index is 463. The highest BCUT2D eigenvalue weighted by Gasteiger charge is 2.24. The first-order valence-corrected chi connectivity index (χ1v) is 7.05. The SMILES string of the molecule is CC(C)N1CCC(CNC(=O)c2cccnc2NN)C1. The third-order valence-electron chi connectivity index (χ3n) is 3.79. The number of pyridine rings is 1. The van der Waals surface area contributed by atoms with Gasteiger partial charge in [0.1, 0.15) is 0 Å². The number of likely N-dealkylation sites (tertiary alicyclic amines) is 1. The molecular formula is C14H23N5O. The molecule has 0 spiro atoms. The van der Waals surface area contributed by atoms with Gasteiger partial charge in [0, 0.05) is 25.3 Å². The van der Waals surface area contributed by atoms with E-state index in [-0.39, 0.29) is 5.91 Å². The van der Waals surface area contributed by atoms with Crippen molar-refractivity contribution in [3.8, 4) is 0 Å². The van der Waals surface area contributed by atoms with Crippen LogP contribution in [-0.4, -0.2) is 41.5 Å². The molecule has 1 aromatic heterocycles. The number of anilines is 1. The molecule has 0 bridgehead atoms. The van der Waals surface area contributed by atoms with Gasteiger partial charge in [0.15, 0.2) is 5.82 Å². The zero-order valence-electron chi connectivity index (χ0n) is 12.1. The predicted octanol–water partition coefficient (Wildman–Crippen LogP) is 0.827. The summed E-state index contributed by atoms with van der Waals surface area (Å²) < 4.78 is 0. The second-order valence-corrected chi connectivity index (χ2v) is 5.50. The molecule has 0 radical (unpaired) electrons. The number of amides is 1. The van der Waals surface area contributed by atoms with E-state index < -0.39 is 0 Å². The zero-order valence-corrected chi connectivity index (χ0v) is 12.1. The predicted molar refractivity (Wildman–Crippen MR) is 79.2 cm³/mol. The van der Waals surface area contributed by atoms with Crippen molar-refractivity contribution in [3.63, 3.8) is 0 Å². The maximum Gasteiger partial charge on any atom is 0.255 e. The number of nitrogens with two attached hydrogens (primary N) is 1. The zero-order chi connectivity index (χ0) is 14.5. The van der Waals surface area contributed by atoms with E-state index in [0.29, 0.717) is 29.9 Å². The Balaban J connectivity index is 1.87. The highest BCUT2D eigenvalue weighted by molar-refractivity contribution is 5.98. The van der Waals surface area contributed by atoms with Crippen molar-refractivity contribution < 1.29 is 4.79 Å². The fraction of sp³-hybridized carbons (Fsp3) is 0.571. The van der Waals surface area contributed by atoms with Gasteiger partial charge in [-0.05, 0) is 44.9 Å². The van der Waals surface area contributed by atoms with E-state index in [9.17, 15) is 4.79 Å². The van der Waals surface area contributed by atoms with Crippen LogP contribution in [0, 0.1) is 5.92 Å². The monoisotopic (exact) mass is 277 g/mol. The van der Waals surface area contributed by atoms with Gasteiger partial charge in [-0.25, -0.2) is 10.8 Å². The second kappa shape index (κ2) is 6.67. The highest BCUT2D eigenvalue weighted by atomic mass is 16.1. The summed E-state index contributed by atoms with van der Waals surface area (Å²) in [5.74, 6) is 6.15. The fourth-order valence-corrected chi connectivity index (χ4v) is 2.53. The van der Waals surface area contributed by atoms with Crippen LogP contribution >= 0.6 is 0 Å². The molecule has 1 atom stereocenters. The number of hydrogen-bond donors (Lipinski definition) is 3. The van der Waals surface area contributed by atoms with E-state index in [4.69, 9.17) is 5.84 Å². The van der Waals surface area contributed by atoms with E-state index in [1.807, 2.05) is 0 Å². The van der Waals surface area contributed by atoms with Crippen LogP contribution in [0.1, 0.15) is 30.6 Å². The molecule has 1 aliphatic heterocycles. The largest absolute Gasteiger partial charge is 0.352 e. The molecule has 1 saturated heterocycles. The molecule has 1 amide bonds. The van der Waals surface area contributed by atoms with E-state index in [1.54, 1.807) is 18.3 Å². The molecule has 6 nitrogen and oxygen atoms in total. The smallest absolute Gasteiger partial charge is 0.255 e. The summed E-state index contributed by atoms with van der Waals surface area (Å²) >= 11 is 0. The molecule has 1 fully saturated rings. The molecular weight excluding hydrogens is 254 g/mol. The minimum atomic E-state index is -0.131. The minimum absolute atomic E-state index is 0.131. The lowest BCUT2D eigenvalue weighted by Gasteiger charge is -2.20. The maximum atomic E-state index is 12.1. The fourth-order valence-electron chi connectivity index (χ4n) is 2.53. The van der Waals surface area contributed by atoms with E-state index in [0.717, 1.165) is 19.5 Å². The average molecular weight is 277 g/mol. The molecule has 0 aromatic carbocycles. The molecule has 110 valence electrons. The molecule has 0 aliphatic carbocycles. The molecule has 4 N–H and O–H groups in total. The van der Waals surface area contributed by atoms with Crippen molar-refractivity contribution in [1.82, 2.24) is 15.2 Å². The van der Waals surface area contributed by atoms with Gasteiger partial charge in [-0.15, -0.1) is 0 Å². The van der Waals surface area contributed by atoms with Gasteiger partial charge in [-0.1, -0.05) is 0 Å². The summed E-state index contributed by atoms with van der Waals surface area (Å²) in [6, 6.07) is 4.01. The van der Waals surface area contributed by atoms with Gasteiger partial charge in [0.2, 0.25) is 0 Å². The molecule has 1 unspecified atom stereocenters. The Morgan fingerprint density at radius 2 is 2.40 bits per heavy atom. The number of nitrogen functional groups attached to an aromatic ring is 1. The van der Waals surface area contributed by atoms with Crippen LogP contribution in [0.25, 0.3) is 0 Å². The summed E-state index contributed by atoms with van der Waals surface area (Å²) in [4.78, 5) is 18.6. The third kappa shape index (κ3) is 3.46. The first-order valence-electron chi connectivity index (χ1n) is 7.05. The summed E-state index contributed by atoms with van der Waals surface area (Å²) in [5, 5.41) is 2.97. The quantitative estimate of drug-likeness (QED) is 0.548. The van der Waals surface area contributed by atoms with Crippen LogP contribution in [0.15, 0.2) is 18.3 Å². The summed E-state index contributed by atoms with van der Waals surface area (Å²) in [7, 11) is 0. The minimum Gasteiger partial charge on any atom is -0.352 e. The Morgan fingerprint density at radius 1 is 1.60 bits per heavy atom. The van der Waals surface area contributed by atoms with Crippen molar-refractivity contribution in [2.75, 3.05) is 25.1 Å². The molecule has 1 aromatic rings. The van der Waals surface area contributed by atoms with Gasteiger partial charge in [-0.3, -0.25) is 4.79 Å². The van der Waals surface area contributed by atoms with E-state index in [2.05, 4.69) is 34.5 Å². The highest BCUT2D eigenvalue weighted by Crippen LogP contribution is 2.18. The van der Waals surface area contributed by atoms with Crippen LogP contribution in [0.4, 0.5) is 5.82 Å². The standard InChI is InChI=1S/C14H23N5O/c1-10(2)19-7-5-11(9-19)8-17-14(20)12-4-3-6-16-13(12)18-15/h3-4,6,10-11H,5,7-9,15H2,1-2H3,(H,16,18)(H,17,20). The molecule has 1 aliphatic rings. The summed E-state index contributed by atoms with van der Waals surface area (Å²) in [6.07, 6.45) is 2.73. The normalized spacial score (nSPS) is 19.3. The first-order chi connectivity index (χ1) is 9.61. The van der Waals surface area contributed by atoms with Crippen molar-refractivity contribution >= 4 is 11.7 Å². The topological polar surface area (TPSA) is 83.3 Å². The lowest BCUT2D eigenvalue weighted by molar-refractivity contribution is 0.0947. The van der Waals surface area contributed by atoms with Crippen LogP contribution in [0.2, 0.25) is 0 Å². The number of aromatic nitrogens is 1. The van der Waals surface area contributed by atoms with Crippen molar-refractivity contribution in [3.05, 3.63) is 23.9 Å². The van der Waals surface area contributed by atoms with E-state index >= 15 is 0 Å². The first kappa shape index (κ1) is 14.7. The Morgan fingerprint density at radius 3 is 3.05 bits per heavy atom. The lowest BCUT2D eigenvalue weighted by Crippen LogP contribution is -2.33. The van der Waals surface area contributed by atoms with Gasteiger partial charge in [0.25, 0.3) is 5.91 Å². The van der Waals surface area contributed by atoms with Crippen LogP contribution in [-0.2, 0) is 0 Å². The van der Waals surface area contributed by atoms with Gasteiger partial charge in [0.05, 0.1) is 5.56 Å².